The van der Waals surface area contributed by atoms with Gasteiger partial charge in [0.05, 0.1) is 0 Å². The van der Waals surface area contributed by atoms with Crippen molar-refractivity contribution in [2.24, 2.45) is 0 Å². The van der Waals surface area contributed by atoms with Gasteiger partial charge in [-0.05, 0) is 0 Å². The van der Waals surface area contributed by atoms with E-state index in [2.05, 4.69) is 120 Å². The van der Waals surface area contributed by atoms with Crippen LogP contribution in [0.15, 0.2) is 78.9 Å². The Morgan fingerprint density at radius 1 is 0.548 bits per heavy atom. The van der Waals surface area contributed by atoms with Gasteiger partial charge in [-0.1, -0.05) is 0 Å². The fourth-order valence-electron chi connectivity index (χ4n) is 23.7. The number of hydrogen-bond donors (Lipinski definition) is 0. The molecule has 0 bridgehead atoms. The predicted molar refractivity (Wildman–Crippen MR) is 177 cm³/mol. The van der Waals surface area contributed by atoms with E-state index in [9.17, 15) is 0 Å². The second-order valence-electron chi connectivity index (χ2n) is 20.5. The minimum atomic E-state index is -3.88. The van der Waals surface area contributed by atoms with Crippen molar-refractivity contribution in [2.45, 2.75) is 98.8 Å². The maximum absolute atomic E-state index is 3.88. The van der Waals surface area contributed by atoms with Crippen molar-refractivity contribution in [1.29, 1.82) is 0 Å². The van der Waals surface area contributed by atoms with Gasteiger partial charge in [-0.25, -0.2) is 0 Å². The van der Waals surface area contributed by atoms with Crippen LogP contribution in [0.1, 0.15) is 47.1 Å². The Hall–Kier alpha value is -1.91. The first-order valence-electron chi connectivity index (χ1n) is 16.6. The zero-order valence-corrected chi connectivity index (χ0v) is 27.4. The first kappa shape index (κ1) is 20.9. The van der Waals surface area contributed by atoms with Gasteiger partial charge < -0.3 is 0 Å². The fraction of sp³-hybridized carbons (Fsp3) is 0.450. The van der Waals surface area contributed by atoms with Gasteiger partial charge >= 0.3 is 241 Å². The number of benzene rings is 5. The van der Waals surface area contributed by atoms with E-state index in [1.54, 1.807) is 16.2 Å². The Bertz CT molecular complexity index is 2710. The SMILES string of the molecule is CC(C)(C)P(C(C)(C)C)[C]12[CH]3[CH]4[C]5(c6c7ccccc7cc7c6ccc6cc8ccccc8cc67)[CH]1[Fe]43521678[CH]2[CH]1[CH]6[CH]7[CH]28. The Kier molecular flexibility index (Phi) is 1.57. The Morgan fingerprint density at radius 2 is 1.10 bits per heavy atom. The normalized spacial score (nSPS) is 58.5. The van der Waals surface area contributed by atoms with Crippen LogP contribution in [0.25, 0.3) is 43.1 Å². The molecule has 1 spiro atoms. The molecule has 212 valence electrons. The van der Waals surface area contributed by atoms with Crippen LogP contribution in [0.4, 0.5) is 0 Å². The fourth-order valence-corrected chi connectivity index (χ4v) is 117. The molecule has 0 N–H and O–H groups in total. The molecule has 10 saturated heterocycles. The average molecular weight is 607 g/mol. The van der Waals surface area contributed by atoms with Crippen LogP contribution < -0.4 is 0 Å². The van der Waals surface area contributed by atoms with Gasteiger partial charge in [0.15, 0.2) is 0 Å². The van der Waals surface area contributed by atoms with Crippen molar-refractivity contribution >= 4 is 51.0 Å². The van der Waals surface area contributed by atoms with Crippen LogP contribution in [0, 0.1) is 0 Å². The Labute approximate surface area is 239 Å². The van der Waals surface area contributed by atoms with E-state index < -0.39 is 6.51 Å². The molecule has 2 heteroatoms. The van der Waals surface area contributed by atoms with Gasteiger partial charge in [0.1, 0.15) is 0 Å². The molecular formula is C40H39FeP. The molecule has 0 nitrogen and oxygen atoms in total. The molecular weight excluding hydrogens is 567 g/mol. The van der Waals surface area contributed by atoms with Crippen molar-refractivity contribution in [1.82, 2.24) is 0 Å². The third-order valence-corrected chi connectivity index (χ3v) is 72.2. The molecule has 15 rings (SSSR count). The van der Waals surface area contributed by atoms with Crippen molar-refractivity contribution in [3.05, 3.63) is 84.4 Å². The van der Waals surface area contributed by atoms with Gasteiger partial charge in [0.2, 0.25) is 0 Å². The van der Waals surface area contributed by atoms with Crippen molar-refractivity contribution in [2.75, 3.05) is 0 Å². The molecule has 5 atom stereocenters. The van der Waals surface area contributed by atoms with Crippen LogP contribution in [0.3, 0.4) is 0 Å². The quantitative estimate of drug-likeness (QED) is 0.0812. The Morgan fingerprint density at radius 3 is 1.69 bits per heavy atom. The first-order valence-corrected chi connectivity index (χ1v) is 24.2. The molecule has 42 heavy (non-hydrogen) atoms. The maximum atomic E-state index is 2.67. The zero-order valence-electron chi connectivity index (χ0n) is 25.4. The van der Waals surface area contributed by atoms with E-state index in [4.69, 9.17) is 0 Å². The molecule has 5 aromatic carbocycles. The van der Waals surface area contributed by atoms with Crippen LogP contribution in [0.5, 0.6) is 0 Å². The van der Waals surface area contributed by atoms with Crippen LogP contribution >= 0.6 is 7.92 Å². The Balaban J connectivity index is 1.12. The predicted octanol–water partition coefficient (Wildman–Crippen LogP) is 12.1. The van der Waals surface area contributed by atoms with Gasteiger partial charge in [0, 0.05) is 0 Å². The summed E-state index contributed by atoms with van der Waals surface area (Å²) in [6, 6.07) is 31.3. The third-order valence-electron chi connectivity index (χ3n) is 21.5. The molecule has 10 aliphatic heterocycles. The summed E-state index contributed by atoms with van der Waals surface area (Å²) in [4.78, 5) is 10.1. The summed E-state index contributed by atoms with van der Waals surface area (Å²) in [6.45, 7) is 12.2. The van der Waals surface area contributed by atoms with Crippen molar-refractivity contribution < 1.29 is 6.51 Å². The number of hydrogen-bond acceptors (Lipinski definition) is 0. The van der Waals surface area contributed by atoms with E-state index in [-0.39, 0.29) is 7.92 Å². The first-order chi connectivity index (χ1) is 19.8. The molecule has 5 aromatic rings. The monoisotopic (exact) mass is 606 g/mol. The second-order valence-corrected chi connectivity index (χ2v) is 48.2. The van der Waals surface area contributed by atoms with Crippen molar-refractivity contribution in [3.63, 3.8) is 0 Å². The molecule has 10 fully saturated rings. The van der Waals surface area contributed by atoms with Gasteiger partial charge in [-0.15, -0.1) is 0 Å². The average Bonchev–Trinajstić information content (AvgIpc) is 3.88. The summed E-state index contributed by atoms with van der Waals surface area (Å²) in [5.41, 5.74) is 1.94. The number of fused-ring (bicyclic) bond motifs is 15. The molecule has 0 aliphatic carbocycles. The molecule has 5 unspecified atom stereocenters. The van der Waals surface area contributed by atoms with Gasteiger partial charge in [-0.3, -0.25) is 0 Å². The van der Waals surface area contributed by atoms with E-state index >= 15 is 0 Å². The summed E-state index contributed by atoms with van der Waals surface area (Å²) in [5, 5.41) is 12.9. The zero-order chi connectivity index (χ0) is 27.9. The topological polar surface area (TPSA) is 0 Å². The third kappa shape index (κ3) is 0.556. The number of rotatable bonds is 2. The minimum absolute atomic E-state index is 0.0170. The molecule has 10 aliphatic rings. The van der Waals surface area contributed by atoms with E-state index in [1.807, 2.05) is 5.56 Å². The molecule has 0 saturated carbocycles. The summed E-state index contributed by atoms with van der Waals surface area (Å²) < 4.78 is 1.56. The summed E-state index contributed by atoms with van der Waals surface area (Å²) in [6.07, 6.45) is 0. The summed E-state index contributed by atoms with van der Waals surface area (Å²) in [7, 11) is -0.0170. The molecule has 0 aromatic heterocycles. The van der Waals surface area contributed by atoms with E-state index in [0.717, 1.165) is 4.05 Å². The second kappa shape index (κ2) is 3.15. The molecule has 0 radical (unpaired) electrons. The van der Waals surface area contributed by atoms with E-state index in [0.29, 0.717) is 14.6 Å². The van der Waals surface area contributed by atoms with Gasteiger partial charge in [0.25, 0.3) is 0 Å². The summed E-state index contributed by atoms with van der Waals surface area (Å²) in [5.74, 6) is 0. The van der Waals surface area contributed by atoms with E-state index in [1.165, 1.54) is 65.5 Å². The van der Waals surface area contributed by atoms with Crippen LogP contribution in [-0.4, -0.2) is 14.4 Å². The standard InChI is InChI=1S/C35H34P.C5H5.Fe/c1-34(2,3)36(35(4,5)6)28-17-15-27(20-28)33-29-14-10-9-13-25(29)22-32-30(33)18-16-26-19-23-11-7-8-12-24(23)21-31(26)32;1-2-4-5-3-1;/h7-22H,1-6H3;1-5H;. The summed E-state index contributed by atoms with van der Waals surface area (Å²) >= 11 is 0. The molecule has 10 heterocycles. The van der Waals surface area contributed by atoms with Crippen LogP contribution in [-0.2, 0) is 10.8 Å². The van der Waals surface area contributed by atoms with Crippen molar-refractivity contribution in [3.8, 4) is 0 Å². The van der Waals surface area contributed by atoms with Gasteiger partial charge in [-0.2, -0.15) is 0 Å². The molecule has 0 amide bonds. The van der Waals surface area contributed by atoms with Crippen LogP contribution in [0.2, 0.25) is 38.5 Å².